The van der Waals surface area contributed by atoms with Gasteiger partial charge in [0.05, 0.1) is 0 Å². The van der Waals surface area contributed by atoms with Crippen molar-refractivity contribution in [2.45, 2.75) is 73.6 Å². The van der Waals surface area contributed by atoms with Crippen molar-refractivity contribution in [2.24, 2.45) is 17.8 Å². The maximum atomic E-state index is 3.79. The maximum absolute atomic E-state index is 3.79. The first kappa shape index (κ1) is 20.0. The van der Waals surface area contributed by atoms with Gasteiger partial charge in [-0.05, 0) is 55.6 Å². The second-order valence-electron chi connectivity index (χ2n) is 6.51. The van der Waals surface area contributed by atoms with E-state index < -0.39 is 0 Å². The van der Waals surface area contributed by atoms with Crippen LogP contribution in [0.5, 0.6) is 0 Å². The van der Waals surface area contributed by atoms with Crippen molar-refractivity contribution in [2.75, 3.05) is 0 Å². The van der Waals surface area contributed by atoms with Gasteiger partial charge in [0.25, 0.3) is 0 Å². The van der Waals surface area contributed by atoms with Gasteiger partial charge in [-0.15, -0.1) is 5.73 Å². The summed E-state index contributed by atoms with van der Waals surface area (Å²) >= 11 is 0. The number of allylic oxidation sites excluding steroid dienone is 4. The second kappa shape index (κ2) is 11.6. The van der Waals surface area contributed by atoms with Gasteiger partial charge in [0.2, 0.25) is 0 Å². The van der Waals surface area contributed by atoms with Gasteiger partial charge in [0.1, 0.15) is 0 Å². The van der Waals surface area contributed by atoms with Crippen molar-refractivity contribution in [3.8, 4) is 0 Å². The zero-order valence-electron chi connectivity index (χ0n) is 15.2. The van der Waals surface area contributed by atoms with Gasteiger partial charge >= 0.3 is 0 Å². The summed E-state index contributed by atoms with van der Waals surface area (Å²) in [5, 5.41) is 0. The predicted octanol–water partition coefficient (Wildman–Crippen LogP) is 7.10. The van der Waals surface area contributed by atoms with E-state index in [1.807, 2.05) is 6.08 Å². The van der Waals surface area contributed by atoms with Crippen LogP contribution in [0.3, 0.4) is 0 Å². The van der Waals surface area contributed by atoms with Crippen LogP contribution >= 0.6 is 0 Å². The molecule has 0 amide bonds. The molecular formula is C21H36. The van der Waals surface area contributed by atoms with Crippen LogP contribution in [-0.4, -0.2) is 0 Å². The molecule has 0 heterocycles. The van der Waals surface area contributed by atoms with Crippen LogP contribution in [0.4, 0.5) is 0 Å². The Labute approximate surface area is 133 Å². The smallest absolute Gasteiger partial charge is 0.00785 e. The average Bonchev–Trinajstić information content (AvgIpc) is 2.45. The summed E-state index contributed by atoms with van der Waals surface area (Å²) in [7, 11) is 0. The Hall–Kier alpha value is -1.00. The zero-order chi connectivity index (χ0) is 16.3. The molecule has 2 unspecified atom stereocenters. The van der Waals surface area contributed by atoms with Gasteiger partial charge in [0.15, 0.2) is 0 Å². The van der Waals surface area contributed by atoms with E-state index in [0.717, 1.165) is 18.8 Å². The lowest BCUT2D eigenvalue weighted by atomic mass is 9.76. The van der Waals surface area contributed by atoms with Gasteiger partial charge in [-0.1, -0.05) is 71.8 Å². The van der Waals surface area contributed by atoms with Crippen molar-refractivity contribution < 1.29 is 0 Å². The first-order valence-corrected chi connectivity index (χ1v) is 8.70. The highest BCUT2D eigenvalue weighted by molar-refractivity contribution is 5.13. The quantitative estimate of drug-likeness (QED) is 0.228. The number of hydrogen-bond acceptors (Lipinski definition) is 0. The summed E-state index contributed by atoms with van der Waals surface area (Å²) in [5.74, 6) is 2.12. The molecule has 21 heavy (non-hydrogen) atoms. The van der Waals surface area contributed by atoms with Crippen LogP contribution in [-0.2, 0) is 0 Å². The van der Waals surface area contributed by atoms with Crippen molar-refractivity contribution in [1.82, 2.24) is 0 Å². The Bertz CT molecular complexity index is 375. The third-order valence-corrected chi connectivity index (χ3v) is 4.28. The Kier molecular flexibility index (Phi) is 11.1. The Morgan fingerprint density at radius 3 is 2.29 bits per heavy atom. The van der Waals surface area contributed by atoms with Crippen LogP contribution in [0.2, 0.25) is 0 Å². The fraction of sp³-hybridized carbons (Fsp3) is 0.667. The molecule has 0 aromatic carbocycles. The van der Waals surface area contributed by atoms with E-state index in [1.54, 1.807) is 0 Å². The standard InChI is InChI=1S/C21H36/c1-8-14-20(21(17(4)5)19(7)10-3)16-13-11-12-15-18(6)9-2/h9,13,15,17,19,21H,2,8,10-12,14H2,1,3-7H3. The molecule has 0 nitrogen and oxygen atoms in total. The Morgan fingerprint density at radius 1 is 1.14 bits per heavy atom. The molecule has 0 spiro atoms. The van der Waals surface area contributed by atoms with Crippen LogP contribution in [0.1, 0.15) is 73.6 Å². The molecule has 0 N–H and O–H groups in total. The summed E-state index contributed by atoms with van der Waals surface area (Å²) in [6, 6.07) is 0. The number of rotatable bonds is 10. The van der Waals surface area contributed by atoms with E-state index in [4.69, 9.17) is 0 Å². The van der Waals surface area contributed by atoms with E-state index in [-0.39, 0.29) is 0 Å². The largest absolute Gasteiger partial charge is 0.126 e. The summed E-state index contributed by atoms with van der Waals surface area (Å²) in [5.41, 5.74) is 6.44. The average molecular weight is 289 g/mol. The highest BCUT2D eigenvalue weighted by Crippen LogP contribution is 2.32. The lowest BCUT2D eigenvalue weighted by molar-refractivity contribution is 0.302. The van der Waals surface area contributed by atoms with Gasteiger partial charge in [0, 0.05) is 0 Å². The highest BCUT2D eigenvalue weighted by atomic mass is 14.3. The van der Waals surface area contributed by atoms with Gasteiger partial charge in [-0.25, -0.2) is 0 Å². The van der Waals surface area contributed by atoms with Crippen LogP contribution < -0.4 is 0 Å². The molecule has 0 aliphatic heterocycles. The molecule has 0 bridgehead atoms. The molecular weight excluding hydrogens is 252 g/mol. The van der Waals surface area contributed by atoms with Crippen molar-refractivity contribution in [1.29, 1.82) is 0 Å². The van der Waals surface area contributed by atoms with Gasteiger partial charge in [-0.2, -0.15) is 0 Å². The normalized spacial score (nSPS) is 14.5. The lowest BCUT2D eigenvalue weighted by Crippen LogP contribution is -2.19. The topological polar surface area (TPSA) is 0 Å². The van der Waals surface area contributed by atoms with Gasteiger partial charge < -0.3 is 0 Å². The first-order chi connectivity index (χ1) is 9.97. The third kappa shape index (κ3) is 8.12. The predicted molar refractivity (Wildman–Crippen MR) is 97.5 cm³/mol. The van der Waals surface area contributed by atoms with E-state index in [2.05, 4.69) is 66.0 Å². The molecule has 0 fully saturated rings. The summed E-state index contributed by atoms with van der Waals surface area (Å²) in [6.45, 7) is 17.6. The molecule has 0 rings (SSSR count). The van der Waals surface area contributed by atoms with Crippen molar-refractivity contribution in [3.05, 3.63) is 41.7 Å². The zero-order valence-corrected chi connectivity index (χ0v) is 15.2. The number of hydrogen-bond donors (Lipinski definition) is 0. The molecule has 0 radical (unpaired) electrons. The summed E-state index contributed by atoms with van der Waals surface area (Å²) in [4.78, 5) is 0. The van der Waals surface area contributed by atoms with Gasteiger partial charge in [-0.3, -0.25) is 0 Å². The molecule has 0 heteroatoms. The van der Waals surface area contributed by atoms with Crippen LogP contribution in [0.25, 0.3) is 0 Å². The van der Waals surface area contributed by atoms with Crippen molar-refractivity contribution >= 4 is 0 Å². The minimum Gasteiger partial charge on any atom is -0.126 e. The molecule has 0 saturated heterocycles. The highest BCUT2D eigenvalue weighted by Gasteiger charge is 2.22. The molecule has 120 valence electrons. The molecule has 0 aliphatic carbocycles. The van der Waals surface area contributed by atoms with Crippen LogP contribution in [0, 0.1) is 17.8 Å². The summed E-state index contributed by atoms with van der Waals surface area (Å²) in [6.07, 6.45) is 12.2. The van der Waals surface area contributed by atoms with E-state index in [9.17, 15) is 0 Å². The third-order valence-electron chi connectivity index (χ3n) is 4.28. The molecule has 0 saturated carbocycles. The molecule has 0 aromatic heterocycles. The molecule has 2 atom stereocenters. The second-order valence-corrected chi connectivity index (χ2v) is 6.51. The van der Waals surface area contributed by atoms with E-state index in [0.29, 0.717) is 11.8 Å². The van der Waals surface area contributed by atoms with Crippen molar-refractivity contribution in [3.63, 3.8) is 0 Å². The first-order valence-electron chi connectivity index (χ1n) is 8.70. The fourth-order valence-electron chi connectivity index (χ4n) is 2.94. The lowest BCUT2D eigenvalue weighted by Gasteiger charge is -2.28. The Balaban J connectivity index is 4.98. The summed E-state index contributed by atoms with van der Waals surface area (Å²) < 4.78 is 0. The SMILES string of the molecule is C=CC(C)=CCCC=C=C(CCC)C(C(C)C)C(C)CC. The fourth-order valence-corrected chi connectivity index (χ4v) is 2.94. The number of unbranched alkanes of at least 4 members (excludes halogenated alkanes) is 1. The van der Waals surface area contributed by atoms with E-state index in [1.165, 1.54) is 30.4 Å². The monoisotopic (exact) mass is 288 g/mol. The molecule has 0 aromatic rings. The molecule has 0 aliphatic rings. The van der Waals surface area contributed by atoms with E-state index >= 15 is 0 Å². The van der Waals surface area contributed by atoms with Crippen LogP contribution in [0.15, 0.2) is 41.7 Å². The minimum absolute atomic E-state index is 0.677. The Morgan fingerprint density at radius 2 is 1.81 bits per heavy atom. The minimum atomic E-state index is 0.677. The maximum Gasteiger partial charge on any atom is -0.00785 e.